The maximum atomic E-state index is 14.2. The fourth-order valence-corrected chi connectivity index (χ4v) is 8.84. The molecule has 0 bridgehead atoms. The second-order valence-electron chi connectivity index (χ2n) is 21.3. The molecule has 9 rings (SSSR count). The second-order valence-corrected chi connectivity index (χ2v) is 21.3. The van der Waals surface area contributed by atoms with Crippen molar-refractivity contribution in [3.05, 3.63) is 233 Å². The van der Waals surface area contributed by atoms with Crippen LogP contribution in [-0.4, -0.2) is 102 Å². The van der Waals surface area contributed by atoms with Gasteiger partial charge in [-0.2, -0.15) is 62.9 Å². The van der Waals surface area contributed by atoms with E-state index in [4.69, 9.17) is 31.3 Å². The molecule has 1 unspecified atom stereocenters. The number of nitrogens with zero attached hydrogens (tertiary/aromatic N) is 3. The Bertz CT molecular complexity index is 4740. The fraction of sp³-hybridized carbons (Fsp3) is 0.189. The number of nitriles is 1. The van der Waals surface area contributed by atoms with Gasteiger partial charge < -0.3 is 65.5 Å². The van der Waals surface area contributed by atoms with Gasteiger partial charge in [-0.1, -0.05) is 55.1 Å². The van der Waals surface area contributed by atoms with Gasteiger partial charge in [0.1, 0.15) is 52.0 Å². The number of fused-ring (bicyclic) bond motifs is 1. The van der Waals surface area contributed by atoms with Crippen LogP contribution in [0, 0.1) is 65.7 Å². The predicted octanol–water partition coefficient (Wildman–Crippen LogP) is 18.0. The Balaban J connectivity index is 0.000000727. The van der Waals surface area contributed by atoms with Crippen LogP contribution < -0.4 is 56.2 Å². The molecule has 1 aliphatic heterocycles. The molecule has 0 fully saturated rings. The number of rotatable bonds is 15. The van der Waals surface area contributed by atoms with Crippen LogP contribution >= 0.6 is 0 Å². The van der Waals surface area contributed by atoms with E-state index in [1.165, 1.54) is 109 Å². The molecule has 8 aromatic carbocycles. The summed E-state index contributed by atoms with van der Waals surface area (Å²) in [6.45, 7) is 4.59. The first-order valence-electron chi connectivity index (χ1n) is 31.7. The maximum Gasteiger partial charge on any atom is 0.416 e. The van der Waals surface area contributed by atoms with Crippen molar-refractivity contribution in [1.82, 2.24) is 0 Å². The molecule has 0 spiro atoms. The van der Waals surface area contributed by atoms with E-state index >= 15 is 0 Å². The Morgan fingerprint density at radius 2 is 0.991 bits per heavy atom. The molecular weight excluding hydrogens is 1790 g/mol. The number of isocyanates is 1. The summed E-state index contributed by atoms with van der Waals surface area (Å²) in [5, 5.41) is 18.5. The Labute approximate surface area is 671 Å². The van der Waals surface area contributed by atoms with Crippen LogP contribution in [0.2, 0.25) is 0 Å². The zero-order valence-electron chi connectivity index (χ0n) is 62.0. The van der Waals surface area contributed by atoms with Gasteiger partial charge in [0.05, 0.1) is 130 Å². The molecule has 610 valence electrons. The van der Waals surface area contributed by atoms with Gasteiger partial charge in [0.2, 0.25) is 6.08 Å². The first kappa shape index (κ1) is 98.4. The topological polar surface area (TPSA) is 310 Å². The van der Waals surface area contributed by atoms with E-state index < -0.39 is 113 Å². The summed E-state index contributed by atoms with van der Waals surface area (Å²) in [6, 6.07) is 27.7. The zero-order valence-corrected chi connectivity index (χ0v) is 65.2. The molecule has 0 aromatic heterocycles. The van der Waals surface area contributed by atoms with Gasteiger partial charge in [-0.15, -0.1) is 0 Å². The number of ether oxygens (including phenoxy) is 7. The van der Waals surface area contributed by atoms with Crippen LogP contribution in [0.1, 0.15) is 52.8 Å². The van der Waals surface area contributed by atoms with E-state index in [-0.39, 0.29) is 117 Å². The molecule has 0 aliphatic carbocycles. The number of alkyl halides is 12. The third-order valence-electron chi connectivity index (χ3n) is 14.0. The van der Waals surface area contributed by atoms with Gasteiger partial charge in [0, 0.05) is 69.7 Å². The molecule has 0 saturated carbocycles. The van der Waals surface area contributed by atoms with E-state index in [2.05, 4.69) is 60.7 Å². The van der Waals surface area contributed by atoms with Gasteiger partial charge in [-0.3, -0.25) is 9.69 Å². The first-order valence-corrected chi connectivity index (χ1v) is 31.2. The molecule has 23 nitrogen and oxygen atoms in total. The number of hydrogen-bond acceptors (Lipinski definition) is 17. The van der Waals surface area contributed by atoms with Gasteiger partial charge in [0.25, 0.3) is 0 Å². The quantitative estimate of drug-likeness (QED) is 0.00812. The molecule has 1 atom stereocenters. The summed E-state index contributed by atoms with van der Waals surface area (Å²) in [4.78, 5) is 83.9. The number of amides is 6. The van der Waals surface area contributed by atoms with Crippen molar-refractivity contribution in [3.8, 4) is 29.1 Å². The minimum Gasteiger partial charge on any atom is -0.495 e. The van der Waals surface area contributed by atoms with Crippen LogP contribution in [0.4, 0.5) is 130 Å². The molecular formula is C74H66BF16N9O14U. The average Bonchev–Trinajstić information content (AvgIpc) is 0.752. The Morgan fingerprint density at radius 3 is 1.43 bits per heavy atom. The number of halogens is 16. The number of methoxy groups -OCH3 is 7. The minimum atomic E-state index is -4.67. The largest absolute Gasteiger partial charge is 0.495 e. The van der Waals surface area contributed by atoms with Crippen molar-refractivity contribution in [2.45, 2.75) is 44.1 Å². The van der Waals surface area contributed by atoms with Crippen LogP contribution in [-0.2, 0) is 58.1 Å². The molecule has 2 radical (unpaired) electrons. The Hall–Kier alpha value is -12.7. The summed E-state index contributed by atoms with van der Waals surface area (Å²) in [5.74, 6) is -4.30. The molecule has 7 N–H and O–H groups in total. The second kappa shape index (κ2) is 47.6. The van der Waals surface area contributed by atoms with Crippen molar-refractivity contribution in [3.63, 3.8) is 0 Å². The van der Waals surface area contributed by atoms with E-state index in [9.17, 15) is 104 Å². The van der Waals surface area contributed by atoms with E-state index in [0.29, 0.717) is 6.07 Å². The van der Waals surface area contributed by atoms with Crippen molar-refractivity contribution in [2.24, 2.45) is 4.99 Å². The monoisotopic (exact) mass is 1860 g/mol. The Kier molecular flexibility index (Phi) is 40.8. The number of hydrogen-bond donors (Lipinski definition) is 6. The number of nitrogens with one attached hydrogen (secondary N) is 5. The summed E-state index contributed by atoms with van der Waals surface area (Å²) in [6.07, 6.45) is -14.2. The molecule has 1 aliphatic rings. The third kappa shape index (κ3) is 31.8. The van der Waals surface area contributed by atoms with E-state index in [1.54, 1.807) is 18.2 Å². The Morgan fingerprint density at radius 1 is 0.565 bits per heavy atom. The van der Waals surface area contributed by atoms with Crippen LogP contribution in [0.5, 0.6) is 23.0 Å². The molecule has 115 heavy (non-hydrogen) atoms. The number of aliphatic imine (C=N–C) groups is 1. The molecule has 6 amide bonds. The van der Waals surface area contributed by atoms with Crippen LogP contribution in [0.15, 0.2) is 181 Å². The van der Waals surface area contributed by atoms with Gasteiger partial charge in [-0.25, -0.2) is 46.3 Å². The number of carbonyl (C=O) groups is 6. The molecule has 41 heteroatoms. The van der Waals surface area contributed by atoms with Crippen molar-refractivity contribution < 1.29 is 168 Å². The smallest absolute Gasteiger partial charge is 0.416 e. The number of para-hydroxylation sites is 4. The SMILES string of the molecule is C=CC(=O)OC.CC#N.COC(=O)/C=C/c1cccc(F)c1NC(=O)Nc1cc(C(F)(F)F)ccc1OC.COC(=O)CC1c2cccc(F)c2NC(=O)N1c1cc(C(F)(F)F)ccc1OC.COc1ccc(C(F)(F)F)cc1N=C=O.COc1ccc(C(F)(F)F)cc1NC(=O)Nc1ccccc1F.Nc1ccccc1F.[2H][B].[U]. The third-order valence-corrected chi connectivity index (χ3v) is 14.0. The van der Waals surface area contributed by atoms with Gasteiger partial charge in [0.15, 0.2) is 0 Å². The molecule has 1 heterocycles. The number of urea groups is 3. The fourth-order valence-electron chi connectivity index (χ4n) is 8.84. The van der Waals surface area contributed by atoms with Crippen molar-refractivity contribution in [2.75, 3.05) is 87.0 Å². The maximum absolute atomic E-state index is 14.2. The summed E-state index contributed by atoms with van der Waals surface area (Å²) in [5.41, 5.74) is 0.474. The summed E-state index contributed by atoms with van der Waals surface area (Å²) < 4.78 is 246. The average molecular weight is 1860 g/mol. The number of benzene rings is 8. The summed E-state index contributed by atoms with van der Waals surface area (Å²) >= 11 is 0. The van der Waals surface area contributed by atoms with Gasteiger partial charge >= 0.3 is 60.7 Å². The van der Waals surface area contributed by atoms with E-state index in [1.807, 2.05) is 0 Å². The number of carbonyl (C=O) groups excluding carboxylic acids is 7. The van der Waals surface area contributed by atoms with Crippen LogP contribution in [0.3, 0.4) is 0 Å². The zero-order chi connectivity index (χ0) is 87.1. The first-order chi connectivity index (χ1) is 54.1. The van der Waals surface area contributed by atoms with E-state index in [0.717, 1.165) is 116 Å². The normalized spacial score (nSPS) is 11.6. The molecule has 0 saturated heterocycles. The molecule has 8 aromatic rings. The summed E-state index contributed by atoms with van der Waals surface area (Å²) in [7, 11) is 12.3. The van der Waals surface area contributed by atoms with Gasteiger partial charge in [-0.05, 0) is 117 Å². The number of anilines is 7. The van der Waals surface area contributed by atoms with Crippen molar-refractivity contribution >= 4 is 102 Å². The minimum absolute atomic E-state index is 0. The number of nitrogens with two attached hydrogens (primary N) is 1. The van der Waals surface area contributed by atoms with Crippen LogP contribution in [0.25, 0.3) is 6.08 Å². The number of nitrogen functional groups attached to an aromatic ring is 1. The number of esters is 3. The van der Waals surface area contributed by atoms with Crippen molar-refractivity contribution in [1.29, 1.82) is 6.60 Å². The standard InChI is InChI=1S/2C19H16F4N2O4.C15H12F4N2O2.C9H6F3NO2.C6H6FN.C4H6O2.C2H3N.BH.U/c1-28-15-7-6-10(19(21,22)23)8-14(15)25-13(9-16(26)29-2)11-4-3-5-12(20)17(11)24-18(25)27;1-28-15-8-7-12(19(21,22)23)10-14(15)24-18(27)25-17-11(4-3-5-13(17)20)6-9-16(26)29-2;1-23-13-7-6-9(15(17,18)19)8-12(13)21-14(22)20-11-5-3-2-4-10(11)16;1-15-8-3-2-6(9(10,11)12)4-7(8)13-5-14;7-5-3-1-2-4-6(5)8;1-3-4(5)6-2;1-2-3;;/h3-8,13H,9H2,1-2H3,(H,24,27);3-10H,1-2H3,(H2,24,25,27);2-8H,1H3,(H2,20,21,22);2-4H,1H3;1-4H,8H2;3H,1H2,2H3;1H3;1H;/b;9-6+;;;;;;;/i;;;;;;;1D;. The predicted molar refractivity (Wildman–Crippen MR) is 388 cm³/mol.